The molecule has 1 fully saturated rings. The lowest BCUT2D eigenvalue weighted by atomic mass is 10.1. The standard InChI is InChI=1S/C21H29FN4OS/c1-16-14-18(22)6-5-17(16)7-8-24-21(23-2)25-15-19(20-4-3-13-28-20)26-9-11-27-12-10-26/h3-6,13-14,19H,7-12,15H2,1-2H3,(H2,23,24,25). The average molecular weight is 405 g/mol. The van der Waals surface area contributed by atoms with Crippen LogP contribution < -0.4 is 10.6 Å². The number of guanidine groups is 1. The zero-order chi connectivity index (χ0) is 19.8. The highest BCUT2D eigenvalue weighted by Gasteiger charge is 2.23. The molecule has 1 aromatic heterocycles. The first-order valence-corrected chi connectivity index (χ1v) is 10.6. The van der Waals surface area contributed by atoms with Crippen LogP contribution in [0.3, 0.4) is 0 Å². The molecule has 1 aliphatic heterocycles. The SMILES string of the molecule is CN=C(NCCc1ccc(F)cc1C)NCC(c1cccs1)N1CCOCC1. The molecule has 0 saturated carbocycles. The molecule has 0 aliphatic carbocycles. The van der Waals surface area contributed by atoms with Gasteiger partial charge < -0.3 is 15.4 Å². The van der Waals surface area contributed by atoms with Crippen LogP contribution in [0.4, 0.5) is 4.39 Å². The van der Waals surface area contributed by atoms with Crippen molar-refractivity contribution < 1.29 is 9.13 Å². The molecule has 3 rings (SSSR count). The van der Waals surface area contributed by atoms with Crippen molar-refractivity contribution in [3.05, 3.63) is 57.5 Å². The van der Waals surface area contributed by atoms with Crippen LogP contribution in [0.5, 0.6) is 0 Å². The Hall–Kier alpha value is -1.96. The Morgan fingerprint density at radius 2 is 2.11 bits per heavy atom. The van der Waals surface area contributed by atoms with Gasteiger partial charge in [-0.15, -0.1) is 11.3 Å². The Labute approximate surface area is 170 Å². The quantitative estimate of drug-likeness (QED) is 0.550. The third-order valence-corrected chi connectivity index (χ3v) is 6.01. The molecule has 2 heterocycles. The Kier molecular flexibility index (Phi) is 7.82. The van der Waals surface area contributed by atoms with Crippen LogP contribution in [0.15, 0.2) is 40.7 Å². The summed E-state index contributed by atoms with van der Waals surface area (Å²) in [4.78, 5) is 8.17. The van der Waals surface area contributed by atoms with Gasteiger partial charge in [0.1, 0.15) is 5.82 Å². The lowest BCUT2D eigenvalue weighted by Gasteiger charge is -2.34. The number of nitrogens with one attached hydrogen (secondary N) is 2. The van der Waals surface area contributed by atoms with Gasteiger partial charge in [0.05, 0.1) is 19.3 Å². The minimum absolute atomic E-state index is 0.186. The smallest absolute Gasteiger partial charge is 0.191 e. The fraction of sp³-hybridized carbons (Fsp3) is 0.476. The summed E-state index contributed by atoms with van der Waals surface area (Å²) >= 11 is 1.79. The maximum Gasteiger partial charge on any atom is 0.191 e. The lowest BCUT2D eigenvalue weighted by Crippen LogP contribution is -2.46. The van der Waals surface area contributed by atoms with Crippen molar-refractivity contribution in [3.8, 4) is 0 Å². The molecule has 5 nitrogen and oxygen atoms in total. The number of benzene rings is 1. The number of morpholine rings is 1. The Morgan fingerprint density at radius 3 is 2.79 bits per heavy atom. The molecule has 1 unspecified atom stereocenters. The first-order chi connectivity index (χ1) is 13.7. The Morgan fingerprint density at radius 1 is 1.29 bits per heavy atom. The van der Waals surface area contributed by atoms with Crippen molar-refractivity contribution >= 4 is 17.3 Å². The number of rotatable bonds is 7. The van der Waals surface area contributed by atoms with Crippen LogP contribution in [0.1, 0.15) is 22.0 Å². The number of halogens is 1. The van der Waals surface area contributed by atoms with Crippen LogP contribution in [0.2, 0.25) is 0 Å². The topological polar surface area (TPSA) is 48.9 Å². The van der Waals surface area contributed by atoms with E-state index < -0.39 is 0 Å². The van der Waals surface area contributed by atoms with Gasteiger partial charge >= 0.3 is 0 Å². The van der Waals surface area contributed by atoms with Gasteiger partial charge in [0.2, 0.25) is 0 Å². The normalized spacial score (nSPS) is 16.8. The molecule has 0 bridgehead atoms. The predicted molar refractivity (Wildman–Crippen MR) is 114 cm³/mol. The summed E-state index contributed by atoms with van der Waals surface area (Å²) < 4.78 is 18.8. The molecular weight excluding hydrogens is 375 g/mol. The van der Waals surface area contributed by atoms with Gasteiger partial charge in [-0.25, -0.2) is 4.39 Å². The average Bonchev–Trinajstić information content (AvgIpc) is 3.23. The van der Waals surface area contributed by atoms with Crippen LogP contribution in [-0.2, 0) is 11.2 Å². The zero-order valence-corrected chi connectivity index (χ0v) is 17.4. The van der Waals surface area contributed by atoms with E-state index in [0.29, 0.717) is 6.04 Å². The second-order valence-electron chi connectivity index (χ2n) is 6.88. The van der Waals surface area contributed by atoms with Gasteiger partial charge in [-0.05, 0) is 48.1 Å². The second kappa shape index (κ2) is 10.5. The predicted octanol–water partition coefficient (Wildman–Crippen LogP) is 2.98. The minimum Gasteiger partial charge on any atom is -0.379 e. The molecule has 1 saturated heterocycles. The molecule has 1 atom stereocenters. The van der Waals surface area contributed by atoms with Crippen molar-refractivity contribution in [1.29, 1.82) is 0 Å². The molecule has 7 heteroatoms. The van der Waals surface area contributed by atoms with Crippen LogP contribution in [-0.4, -0.2) is 57.3 Å². The fourth-order valence-electron chi connectivity index (χ4n) is 3.45. The number of hydrogen-bond acceptors (Lipinski definition) is 4. The van der Waals surface area contributed by atoms with Crippen molar-refractivity contribution in [2.45, 2.75) is 19.4 Å². The molecule has 0 radical (unpaired) electrons. The molecule has 2 aromatic rings. The van der Waals surface area contributed by atoms with Gasteiger partial charge in [-0.1, -0.05) is 12.1 Å². The molecule has 28 heavy (non-hydrogen) atoms. The summed E-state index contributed by atoms with van der Waals surface area (Å²) in [6, 6.07) is 9.56. The van der Waals surface area contributed by atoms with Gasteiger partial charge in [-0.3, -0.25) is 9.89 Å². The van der Waals surface area contributed by atoms with Crippen LogP contribution >= 0.6 is 11.3 Å². The van der Waals surface area contributed by atoms with E-state index in [1.807, 2.05) is 13.0 Å². The monoisotopic (exact) mass is 404 g/mol. The summed E-state index contributed by atoms with van der Waals surface area (Å²) in [5.41, 5.74) is 2.13. The Bertz CT molecular complexity index is 760. The molecule has 0 spiro atoms. The molecular formula is C21H29FN4OS. The largest absolute Gasteiger partial charge is 0.379 e. The molecule has 152 valence electrons. The van der Waals surface area contributed by atoms with E-state index >= 15 is 0 Å². The van der Waals surface area contributed by atoms with Crippen molar-refractivity contribution in [3.63, 3.8) is 0 Å². The van der Waals surface area contributed by atoms with E-state index in [1.165, 1.54) is 10.9 Å². The number of thiophene rings is 1. The third kappa shape index (κ3) is 5.77. The highest BCUT2D eigenvalue weighted by Crippen LogP contribution is 2.25. The molecule has 1 aliphatic rings. The molecule has 1 aromatic carbocycles. The van der Waals surface area contributed by atoms with Crippen LogP contribution in [0, 0.1) is 12.7 Å². The number of aliphatic imine (C=N–C) groups is 1. The first kappa shape index (κ1) is 20.8. The van der Waals surface area contributed by atoms with E-state index in [9.17, 15) is 4.39 Å². The van der Waals surface area contributed by atoms with Crippen molar-refractivity contribution in [2.75, 3.05) is 46.4 Å². The second-order valence-corrected chi connectivity index (χ2v) is 7.86. The number of aryl methyl sites for hydroxylation is 1. The number of ether oxygens (including phenoxy) is 1. The van der Waals surface area contributed by atoms with Crippen molar-refractivity contribution in [1.82, 2.24) is 15.5 Å². The molecule has 2 N–H and O–H groups in total. The van der Waals surface area contributed by atoms with E-state index in [1.54, 1.807) is 24.5 Å². The van der Waals surface area contributed by atoms with E-state index in [0.717, 1.165) is 62.9 Å². The summed E-state index contributed by atoms with van der Waals surface area (Å²) in [7, 11) is 1.79. The van der Waals surface area contributed by atoms with Gasteiger partial charge in [0.15, 0.2) is 5.96 Å². The minimum atomic E-state index is -0.186. The maximum absolute atomic E-state index is 13.2. The van der Waals surface area contributed by atoms with Crippen molar-refractivity contribution in [2.24, 2.45) is 4.99 Å². The summed E-state index contributed by atoms with van der Waals surface area (Å²) in [5.74, 6) is 0.601. The molecule has 0 amide bonds. The highest BCUT2D eigenvalue weighted by atomic mass is 32.1. The summed E-state index contributed by atoms with van der Waals surface area (Å²) in [6.07, 6.45) is 0.824. The van der Waals surface area contributed by atoms with Gasteiger partial charge in [0.25, 0.3) is 0 Å². The first-order valence-electron chi connectivity index (χ1n) is 9.72. The highest BCUT2D eigenvalue weighted by molar-refractivity contribution is 7.10. The number of hydrogen-bond donors (Lipinski definition) is 2. The van der Waals surface area contributed by atoms with E-state index in [4.69, 9.17) is 4.74 Å². The van der Waals surface area contributed by atoms with Gasteiger partial charge in [0, 0.05) is 38.1 Å². The lowest BCUT2D eigenvalue weighted by molar-refractivity contribution is 0.0177. The van der Waals surface area contributed by atoms with E-state index in [-0.39, 0.29) is 5.82 Å². The van der Waals surface area contributed by atoms with Gasteiger partial charge in [-0.2, -0.15) is 0 Å². The zero-order valence-electron chi connectivity index (χ0n) is 16.6. The maximum atomic E-state index is 13.2. The Balaban J connectivity index is 1.52. The van der Waals surface area contributed by atoms with E-state index in [2.05, 4.69) is 38.0 Å². The summed E-state index contributed by atoms with van der Waals surface area (Å²) in [6.45, 7) is 6.93. The fourth-order valence-corrected chi connectivity index (χ4v) is 4.31. The number of nitrogens with zero attached hydrogens (tertiary/aromatic N) is 2. The third-order valence-electron chi connectivity index (χ3n) is 5.04. The van der Waals surface area contributed by atoms with Crippen LogP contribution in [0.25, 0.3) is 0 Å². The summed E-state index contributed by atoms with van der Waals surface area (Å²) in [5, 5.41) is 8.96.